The number of carbonyl (C=O) groups excluding carboxylic acids is 2. The number of rotatable bonds is 6. The lowest BCUT2D eigenvalue weighted by atomic mass is 10.1. The fourth-order valence-corrected chi connectivity index (χ4v) is 2.47. The molecule has 2 rings (SSSR count). The zero-order valence-electron chi connectivity index (χ0n) is 13.3. The summed E-state index contributed by atoms with van der Waals surface area (Å²) in [6.45, 7) is 1.68. The van der Waals surface area contributed by atoms with Gasteiger partial charge in [0, 0.05) is 13.5 Å². The summed E-state index contributed by atoms with van der Waals surface area (Å²) in [6, 6.07) is 13.0. The summed E-state index contributed by atoms with van der Waals surface area (Å²) in [5, 5.41) is 3.16. The molecular formula is C18H18ClFN2O2. The number of hydrogen-bond donors (Lipinski definition) is 1. The van der Waals surface area contributed by atoms with Crippen molar-refractivity contribution in [2.75, 3.05) is 18.0 Å². The van der Waals surface area contributed by atoms with E-state index in [1.54, 1.807) is 36.4 Å². The first-order chi connectivity index (χ1) is 11.5. The van der Waals surface area contributed by atoms with E-state index in [-0.39, 0.29) is 24.2 Å². The van der Waals surface area contributed by atoms with Gasteiger partial charge in [0.05, 0.1) is 10.7 Å². The summed E-state index contributed by atoms with van der Waals surface area (Å²) in [5.41, 5.74) is 1.42. The molecule has 0 atom stereocenters. The maximum absolute atomic E-state index is 12.8. The van der Waals surface area contributed by atoms with Gasteiger partial charge in [-0.2, -0.15) is 0 Å². The molecule has 126 valence electrons. The Morgan fingerprint density at radius 1 is 1.12 bits per heavy atom. The van der Waals surface area contributed by atoms with Crippen LogP contribution in [0.1, 0.15) is 12.5 Å². The SMILES string of the molecule is CC(=O)N(CC(=O)NCCc1ccc(F)cc1)c1ccccc1Cl. The Labute approximate surface area is 145 Å². The van der Waals surface area contributed by atoms with Crippen molar-refractivity contribution >= 4 is 29.1 Å². The summed E-state index contributed by atoms with van der Waals surface area (Å²) >= 11 is 6.09. The molecule has 0 aliphatic rings. The third kappa shape index (κ3) is 5.06. The second-order valence-corrected chi connectivity index (χ2v) is 5.69. The number of carbonyl (C=O) groups is 2. The van der Waals surface area contributed by atoms with Gasteiger partial charge in [0.1, 0.15) is 12.4 Å². The molecule has 0 fully saturated rings. The van der Waals surface area contributed by atoms with Crippen LogP contribution in [0.5, 0.6) is 0 Å². The molecule has 0 aliphatic carbocycles. The average molecular weight is 349 g/mol. The topological polar surface area (TPSA) is 49.4 Å². The standard InChI is InChI=1S/C18H18ClFN2O2/c1-13(23)22(17-5-3-2-4-16(17)19)12-18(24)21-11-10-14-6-8-15(20)9-7-14/h2-9H,10-12H2,1H3,(H,21,24). The lowest BCUT2D eigenvalue weighted by Gasteiger charge is -2.21. The summed E-state index contributed by atoms with van der Waals surface area (Å²) in [4.78, 5) is 25.2. The van der Waals surface area contributed by atoms with Crippen LogP contribution in [-0.4, -0.2) is 24.9 Å². The van der Waals surface area contributed by atoms with E-state index in [1.807, 2.05) is 0 Å². The van der Waals surface area contributed by atoms with E-state index >= 15 is 0 Å². The molecule has 2 aromatic carbocycles. The maximum Gasteiger partial charge on any atom is 0.240 e. The van der Waals surface area contributed by atoms with Crippen molar-refractivity contribution in [3.8, 4) is 0 Å². The molecule has 4 nitrogen and oxygen atoms in total. The average Bonchev–Trinajstić information content (AvgIpc) is 2.55. The van der Waals surface area contributed by atoms with Gasteiger partial charge in [-0.05, 0) is 36.2 Å². The number of amides is 2. The largest absolute Gasteiger partial charge is 0.354 e. The first kappa shape index (κ1) is 17.9. The second kappa shape index (κ2) is 8.45. The molecule has 0 heterocycles. The van der Waals surface area contributed by atoms with E-state index in [9.17, 15) is 14.0 Å². The Morgan fingerprint density at radius 3 is 2.42 bits per heavy atom. The zero-order valence-corrected chi connectivity index (χ0v) is 14.0. The highest BCUT2D eigenvalue weighted by molar-refractivity contribution is 6.33. The minimum atomic E-state index is -0.292. The Morgan fingerprint density at radius 2 is 1.79 bits per heavy atom. The van der Waals surface area contributed by atoms with Gasteiger partial charge < -0.3 is 10.2 Å². The van der Waals surface area contributed by atoms with E-state index in [1.165, 1.54) is 24.0 Å². The smallest absolute Gasteiger partial charge is 0.240 e. The van der Waals surface area contributed by atoms with Crippen molar-refractivity contribution < 1.29 is 14.0 Å². The number of halogens is 2. The van der Waals surface area contributed by atoms with E-state index in [2.05, 4.69) is 5.32 Å². The first-order valence-electron chi connectivity index (χ1n) is 7.51. The number of nitrogens with zero attached hydrogens (tertiary/aromatic N) is 1. The molecular weight excluding hydrogens is 331 g/mol. The van der Waals surface area contributed by atoms with E-state index in [0.717, 1.165) is 5.56 Å². The molecule has 0 bridgehead atoms. The lowest BCUT2D eigenvalue weighted by molar-refractivity contribution is -0.123. The number of anilines is 1. The molecule has 0 radical (unpaired) electrons. The molecule has 1 N–H and O–H groups in total. The summed E-state index contributed by atoms with van der Waals surface area (Å²) < 4.78 is 12.8. The van der Waals surface area contributed by atoms with Gasteiger partial charge in [0.15, 0.2) is 0 Å². The van der Waals surface area contributed by atoms with Crippen LogP contribution in [0.4, 0.5) is 10.1 Å². The van der Waals surface area contributed by atoms with Crippen molar-refractivity contribution in [2.45, 2.75) is 13.3 Å². The van der Waals surface area contributed by atoms with Gasteiger partial charge in [0.2, 0.25) is 11.8 Å². The highest BCUT2D eigenvalue weighted by Gasteiger charge is 2.17. The number of benzene rings is 2. The Kier molecular flexibility index (Phi) is 6.32. The molecule has 0 unspecified atom stereocenters. The van der Waals surface area contributed by atoms with Crippen LogP contribution < -0.4 is 10.2 Å². The van der Waals surface area contributed by atoms with Crippen molar-refractivity contribution in [1.29, 1.82) is 0 Å². The van der Waals surface area contributed by atoms with Crippen LogP contribution in [0.2, 0.25) is 5.02 Å². The minimum absolute atomic E-state index is 0.109. The van der Waals surface area contributed by atoms with Gasteiger partial charge in [0.25, 0.3) is 0 Å². The zero-order chi connectivity index (χ0) is 17.5. The van der Waals surface area contributed by atoms with E-state index in [0.29, 0.717) is 23.7 Å². The molecule has 0 aliphatic heterocycles. The molecule has 0 saturated carbocycles. The van der Waals surface area contributed by atoms with Gasteiger partial charge >= 0.3 is 0 Å². The van der Waals surface area contributed by atoms with Gasteiger partial charge in [-0.3, -0.25) is 9.59 Å². The number of para-hydroxylation sites is 1. The number of hydrogen-bond acceptors (Lipinski definition) is 2. The second-order valence-electron chi connectivity index (χ2n) is 5.28. The Bertz CT molecular complexity index is 719. The third-order valence-electron chi connectivity index (χ3n) is 3.47. The van der Waals surface area contributed by atoms with Gasteiger partial charge in [-0.1, -0.05) is 35.9 Å². The van der Waals surface area contributed by atoms with E-state index in [4.69, 9.17) is 11.6 Å². The maximum atomic E-state index is 12.8. The number of nitrogens with one attached hydrogen (secondary N) is 1. The molecule has 24 heavy (non-hydrogen) atoms. The highest BCUT2D eigenvalue weighted by Crippen LogP contribution is 2.25. The molecule has 0 spiro atoms. The molecule has 2 aromatic rings. The van der Waals surface area contributed by atoms with E-state index < -0.39 is 0 Å². The summed E-state index contributed by atoms with van der Waals surface area (Å²) in [7, 11) is 0. The molecule has 0 aromatic heterocycles. The predicted molar refractivity (Wildman–Crippen MR) is 92.6 cm³/mol. The normalized spacial score (nSPS) is 10.3. The van der Waals surface area contributed by atoms with Crippen LogP contribution >= 0.6 is 11.6 Å². The molecule has 0 saturated heterocycles. The summed E-state index contributed by atoms with van der Waals surface area (Å²) in [5.74, 6) is -0.844. The highest BCUT2D eigenvalue weighted by atomic mass is 35.5. The van der Waals surface area contributed by atoms with Crippen LogP contribution in [0.25, 0.3) is 0 Å². The summed E-state index contributed by atoms with van der Waals surface area (Å²) in [6.07, 6.45) is 0.582. The van der Waals surface area contributed by atoms with Crippen LogP contribution in [0, 0.1) is 5.82 Å². The Balaban J connectivity index is 1.90. The van der Waals surface area contributed by atoms with Crippen LogP contribution in [-0.2, 0) is 16.0 Å². The van der Waals surface area contributed by atoms with Gasteiger partial charge in [-0.15, -0.1) is 0 Å². The van der Waals surface area contributed by atoms with Crippen molar-refractivity contribution in [2.24, 2.45) is 0 Å². The lowest BCUT2D eigenvalue weighted by Crippen LogP contribution is -2.40. The van der Waals surface area contributed by atoms with Gasteiger partial charge in [-0.25, -0.2) is 4.39 Å². The van der Waals surface area contributed by atoms with Crippen LogP contribution in [0.3, 0.4) is 0 Å². The first-order valence-corrected chi connectivity index (χ1v) is 7.89. The fraction of sp³-hybridized carbons (Fsp3) is 0.222. The molecule has 6 heteroatoms. The van der Waals surface area contributed by atoms with Crippen molar-refractivity contribution in [3.63, 3.8) is 0 Å². The quantitative estimate of drug-likeness (QED) is 0.871. The Hall–Kier alpha value is -2.40. The third-order valence-corrected chi connectivity index (χ3v) is 3.79. The predicted octanol–water partition coefficient (Wildman–Crippen LogP) is 3.19. The monoisotopic (exact) mass is 348 g/mol. The van der Waals surface area contributed by atoms with Crippen molar-refractivity contribution in [3.05, 3.63) is 64.9 Å². The minimum Gasteiger partial charge on any atom is -0.354 e. The van der Waals surface area contributed by atoms with Crippen molar-refractivity contribution in [1.82, 2.24) is 5.32 Å². The van der Waals surface area contributed by atoms with Crippen LogP contribution in [0.15, 0.2) is 48.5 Å². The molecule has 2 amide bonds. The fourth-order valence-electron chi connectivity index (χ4n) is 2.23.